The Morgan fingerprint density at radius 1 is 0.727 bits per heavy atom. The van der Waals surface area contributed by atoms with Crippen LogP contribution in [0.25, 0.3) is 0 Å². The van der Waals surface area contributed by atoms with Gasteiger partial charge in [-0.1, -0.05) is 12.1 Å². The molecule has 4 nitrogen and oxygen atoms in total. The number of rotatable bonds is 2. The molecule has 10 heteroatoms. The first-order chi connectivity index (χ1) is 9.55. The number of benzene rings is 1. The van der Waals surface area contributed by atoms with Crippen molar-refractivity contribution >= 4 is 11.4 Å². The molecule has 6 N–H and O–H groups in total. The zero-order valence-electron chi connectivity index (χ0n) is 11.5. The number of anilines is 2. The molecule has 0 heterocycles. The van der Waals surface area contributed by atoms with Crippen molar-refractivity contribution in [3.8, 4) is 0 Å². The Kier molecular flexibility index (Phi) is 4.10. The fourth-order valence-corrected chi connectivity index (χ4v) is 1.79. The van der Waals surface area contributed by atoms with E-state index in [2.05, 4.69) is 0 Å². The molecule has 0 aliphatic heterocycles. The minimum Gasteiger partial charge on any atom is -0.397 e. The van der Waals surface area contributed by atoms with Gasteiger partial charge in [0.05, 0.1) is 11.4 Å². The van der Waals surface area contributed by atoms with Crippen molar-refractivity contribution in [2.45, 2.75) is 37.4 Å². The standard InChI is InChI=1S/C12H14F6N2O2/c1-9(21,11(13,14)15)5-3-4-6(8(20)7(5)19)10(2,22)12(16,17)18/h3-4,21-22H,19-20H2,1-2H3. The van der Waals surface area contributed by atoms with E-state index in [-0.39, 0.29) is 0 Å². The number of hydrogen-bond donors (Lipinski definition) is 4. The minimum atomic E-state index is -5.12. The van der Waals surface area contributed by atoms with E-state index in [9.17, 15) is 36.6 Å². The van der Waals surface area contributed by atoms with Crippen LogP contribution in [0.15, 0.2) is 12.1 Å². The van der Waals surface area contributed by atoms with E-state index in [0.717, 1.165) is 0 Å². The smallest absolute Gasteiger partial charge is 0.397 e. The van der Waals surface area contributed by atoms with Gasteiger partial charge in [0, 0.05) is 11.1 Å². The van der Waals surface area contributed by atoms with Gasteiger partial charge in [-0.05, 0) is 13.8 Å². The summed E-state index contributed by atoms with van der Waals surface area (Å²) in [5, 5.41) is 19.1. The van der Waals surface area contributed by atoms with Crippen LogP contribution in [0.1, 0.15) is 25.0 Å². The Morgan fingerprint density at radius 3 is 1.14 bits per heavy atom. The van der Waals surface area contributed by atoms with Gasteiger partial charge in [0.15, 0.2) is 11.2 Å². The minimum absolute atomic E-state index is 0.389. The number of nitrogen functional groups attached to an aromatic ring is 2. The third-order valence-corrected chi connectivity index (χ3v) is 3.44. The molecule has 0 spiro atoms. The van der Waals surface area contributed by atoms with Crippen LogP contribution >= 0.6 is 0 Å². The zero-order valence-corrected chi connectivity index (χ0v) is 11.5. The monoisotopic (exact) mass is 332 g/mol. The molecule has 0 fully saturated rings. The Labute approximate surface area is 121 Å². The summed E-state index contributed by atoms with van der Waals surface area (Å²) in [6, 6.07) is 1.10. The molecular weight excluding hydrogens is 318 g/mol. The van der Waals surface area contributed by atoms with Crippen molar-refractivity contribution in [1.29, 1.82) is 0 Å². The molecule has 22 heavy (non-hydrogen) atoms. The van der Waals surface area contributed by atoms with Gasteiger partial charge >= 0.3 is 12.4 Å². The van der Waals surface area contributed by atoms with E-state index in [1.807, 2.05) is 0 Å². The van der Waals surface area contributed by atoms with E-state index in [4.69, 9.17) is 11.5 Å². The fourth-order valence-electron chi connectivity index (χ4n) is 1.79. The highest BCUT2D eigenvalue weighted by Crippen LogP contribution is 2.47. The number of halogens is 6. The lowest BCUT2D eigenvalue weighted by molar-refractivity contribution is -0.259. The highest BCUT2D eigenvalue weighted by Gasteiger charge is 2.55. The highest BCUT2D eigenvalue weighted by atomic mass is 19.4. The van der Waals surface area contributed by atoms with Crippen LogP contribution in [-0.2, 0) is 11.2 Å². The van der Waals surface area contributed by atoms with Crippen molar-refractivity contribution in [1.82, 2.24) is 0 Å². The molecule has 126 valence electrons. The molecule has 2 unspecified atom stereocenters. The molecular formula is C12H14F6N2O2. The van der Waals surface area contributed by atoms with Gasteiger partial charge in [-0.15, -0.1) is 0 Å². The largest absolute Gasteiger partial charge is 0.421 e. The van der Waals surface area contributed by atoms with Crippen LogP contribution < -0.4 is 11.5 Å². The summed E-state index contributed by atoms with van der Waals surface area (Å²) in [5.41, 5.74) is 0.291. The van der Waals surface area contributed by atoms with Crippen molar-refractivity contribution in [3.05, 3.63) is 23.3 Å². The quantitative estimate of drug-likeness (QED) is 0.494. The SMILES string of the molecule is CC(O)(c1ccc(C(C)(O)C(F)(F)F)c(N)c1N)C(F)(F)F. The summed E-state index contributed by atoms with van der Waals surface area (Å²) < 4.78 is 76.7. The maximum atomic E-state index is 12.8. The van der Waals surface area contributed by atoms with Crippen LogP contribution in [0.5, 0.6) is 0 Å². The van der Waals surface area contributed by atoms with E-state index in [1.165, 1.54) is 0 Å². The van der Waals surface area contributed by atoms with Gasteiger partial charge < -0.3 is 21.7 Å². The summed E-state index contributed by atoms with van der Waals surface area (Å²) in [7, 11) is 0. The number of nitrogens with two attached hydrogens (primary N) is 2. The third-order valence-electron chi connectivity index (χ3n) is 3.44. The molecule has 0 aliphatic rings. The number of aliphatic hydroxyl groups is 2. The molecule has 1 aromatic rings. The summed E-state index contributed by atoms with van der Waals surface area (Å²) in [6.45, 7) is 0.777. The van der Waals surface area contributed by atoms with Crippen molar-refractivity contribution in [2.24, 2.45) is 0 Å². The zero-order chi connectivity index (χ0) is 17.7. The summed E-state index contributed by atoms with van der Waals surface area (Å²) in [5.74, 6) is 0. The predicted molar refractivity (Wildman–Crippen MR) is 66.5 cm³/mol. The van der Waals surface area contributed by atoms with E-state index in [0.29, 0.717) is 26.0 Å². The Morgan fingerprint density at radius 2 is 0.955 bits per heavy atom. The van der Waals surface area contributed by atoms with Gasteiger partial charge in [-0.3, -0.25) is 0 Å². The highest BCUT2D eigenvalue weighted by molar-refractivity contribution is 5.73. The Hall–Kier alpha value is -1.68. The van der Waals surface area contributed by atoms with Gasteiger partial charge in [0.25, 0.3) is 0 Å². The van der Waals surface area contributed by atoms with Crippen molar-refractivity contribution < 1.29 is 36.6 Å². The molecule has 0 radical (unpaired) electrons. The third kappa shape index (κ3) is 2.68. The van der Waals surface area contributed by atoms with Crippen LogP contribution in [0.2, 0.25) is 0 Å². The lowest BCUT2D eigenvalue weighted by atomic mass is 9.87. The summed E-state index contributed by atoms with van der Waals surface area (Å²) >= 11 is 0. The molecule has 2 atom stereocenters. The predicted octanol–water partition coefficient (Wildman–Crippen LogP) is 2.39. The first kappa shape index (κ1) is 18.4. The number of hydrogen-bond acceptors (Lipinski definition) is 4. The maximum Gasteiger partial charge on any atom is 0.421 e. The first-order valence-electron chi connectivity index (χ1n) is 5.82. The second kappa shape index (κ2) is 4.92. The lowest BCUT2D eigenvalue weighted by Gasteiger charge is -2.32. The van der Waals surface area contributed by atoms with Crippen LogP contribution in [0, 0.1) is 0 Å². The van der Waals surface area contributed by atoms with Crippen LogP contribution in [-0.4, -0.2) is 22.6 Å². The van der Waals surface area contributed by atoms with Crippen molar-refractivity contribution in [3.63, 3.8) is 0 Å². The molecule has 1 aromatic carbocycles. The second-order valence-electron chi connectivity index (χ2n) is 5.13. The summed E-state index contributed by atoms with van der Waals surface area (Å²) in [4.78, 5) is 0. The van der Waals surface area contributed by atoms with Gasteiger partial charge in [-0.2, -0.15) is 26.3 Å². The summed E-state index contributed by atoms with van der Waals surface area (Å²) in [6.07, 6.45) is -10.2. The van der Waals surface area contributed by atoms with Crippen LogP contribution in [0.4, 0.5) is 37.7 Å². The Balaban J connectivity index is 3.56. The van der Waals surface area contributed by atoms with Crippen molar-refractivity contribution in [2.75, 3.05) is 11.5 Å². The van der Waals surface area contributed by atoms with E-state index in [1.54, 1.807) is 0 Å². The normalized spacial score (nSPS) is 18.6. The number of alkyl halides is 6. The second-order valence-corrected chi connectivity index (χ2v) is 5.13. The topological polar surface area (TPSA) is 92.5 Å². The molecule has 0 aromatic heterocycles. The van der Waals surface area contributed by atoms with Gasteiger partial charge in [0.2, 0.25) is 0 Å². The lowest BCUT2D eigenvalue weighted by Crippen LogP contribution is -2.42. The molecule has 0 saturated heterocycles. The Bertz CT molecular complexity index is 527. The molecule has 0 aliphatic carbocycles. The van der Waals surface area contributed by atoms with Gasteiger partial charge in [-0.25, -0.2) is 0 Å². The molecule has 0 amide bonds. The molecule has 0 saturated carbocycles. The molecule has 1 rings (SSSR count). The average Bonchev–Trinajstić information content (AvgIpc) is 2.28. The van der Waals surface area contributed by atoms with Crippen LogP contribution in [0.3, 0.4) is 0 Å². The van der Waals surface area contributed by atoms with E-state index < -0.39 is 46.1 Å². The van der Waals surface area contributed by atoms with Gasteiger partial charge in [0.1, 0.15) is 0 Å². The fraction of sp³-hybridized carbons (Fsp3) is 0.500. The van der Waals surface area contributed by atoms with E-state index >= 15 is 0 Å². The maximum absolute atomic E-state index is 12.8. The first-order valence-corrected chi connectivity index (χ1v) is 5.82. The average molecular weight is 332 g/mol. The molecule has 0 bridgehead atoms.